The predicted molar refractivity (Wildman–Crippen MR) is 103 cm³/mol. The fraction of sp³-hybridized carbons (Fsp3) is 0.526. The van der Waals surface area contributed by atoms with Crippen molar-refractivity contribution in [2.24, 2.45) is 16.6 Å². The Kier molecular flexibility index (Phi) is 7.92. The van der Waals surface area contributed by atoms with Gasteiger partial charge >= 0.3 is 0 Å². The third-order valence-electron chi connectivity index (χ3n) is 4.48. The number of carbonyl (C=O) groups excluding carboxylic acids is 2. The molecule has 4 N–H and O–H groups in total. The number of nitrogens with one attached hydrogen (secondary N) is 2. The van der Waals surface area contributed by atoms with Gasteiger partial charge in [0.1, 0.15) is 0 Å². The van der Waals surface area contributed by atoms with Crippen LogP contribution in [-0.2, 0) is 4.79 Å². The lowest BCUT2D eigenvalue weighted by Crippen LogP contribution is -2.47. The van der Waals surface area contributed by atoms with E-state index in [1.807, 2.05) is 18.2 Å². The second-order valence-corrected chi connectivity index (χ2v) is 6.57. The van der Waals surface area contributed by atoms with Crippen LogP contribution >= 0.6 is 0 Å². The van der Waals surface area contributed by atoms with Gasteiger partial charge in [-0.25, -0.2) is 0 Å². The average Bonchev–Trinajstić information content (AvgIpc) is 2.65. The summed E-state index contributed by atoms with van der Waals surface area (Å²) in [6.07, 6.45) is 3.29. The van der Waals surface area contributed by atoms with Crippen molar-refractivity contribution in [2.45, 2.75) is 25.7 Å². The molecule has 1 aliphatic rings. The van der Waals surface area contributed by atoms with Crippen LogP contribution in [-0.4, -0.2) is 55.9 Å². The van der Waals surface area contributed by atoms with Gasteiger partial charge in [-0.15, -0.1) is 0 Å². The monoisotopic (exact) mass is 359 g/mol. The second kappa shape index (κ2) is 10.4. The number of piperidine rings is 1. The molecule has 1 saturated heterocycles. The Morgan fingerprint density at radius 1 is 1.23 bits per heavy atom. The van der Waals surface area contributed by atoms with Crippen molar-refractivity contribution in [3.63, 3.8) is 0 Å². The fourth-order valence-electron chi connectivity index (χ4n) is 3.22. The van der Waals surface area contributed by atoms with Gasteiger partial charge in [0.2, 0.25) is 5.91 Å². The molecule has 1 aromatic rings. The van der Waals surface area contributed by atoms with Crippen LogP contribution in [0.25, 0.3) is 0 Å². The van der Waals surface area contributed by atoms with E-state index < -0.39 is 0 Å². The van der Waals surface area contributed by atoms with Gasteiger partial charge in [-0.1, -0.05) is 18.2 Å². The van der Waals surface area contributed by atoms with Crippen LogP contribution in [0.2, 0.25) is 0 Å². The second-order valence-electron chi connectivity index (χ2n) is 6.57. The maximum atomic E-state index is 12.0. The number of amides is 2. The van der Waals surface area contributed by atoms with Gasteiger partial charge in [0, 0.05) is 45.2 Å². The van der Waals surface area contributed by atoms with E-state index in [9.17, 15) is 9.59 Å². The number of likely N-dealkylation sites (tertiary alicyclic amines) is 1. The van der Waals surface area contributed by atoms with E-state index in [1.54, 1.807) is 19.2 Å². The zero-order valence-corrected chi connectivity index (χ0v) is 15.4. The summed E-state index contributed by atoms with van der Waals surface area (Å²) in [4.78, 5) is 29.6. The van der Waals surface area contributed by atoms with E-state index in [2.05, 4.69) is 20.5 Å². The Labute approximate surface area is 155 Å². The zero-order valence-electron chi connectivity index (χ0n) is 15.4. The number of carbonyl (C=O) groups is 2. The van der Waals surface area contributed by atoms with Gasteiger partial charge in [0.15, 0.2) is 5.96 Å². The van der Waals surface area contributed by atoms with Crippen LogP contribution < -0.4 is 16.4 Å². The van der Waals surface area contributed by atoms with E-state index in [4.69, 9.17) is 5.73 Å². The molecule has 0 spiro atoms. The predicted octanol–water partition coefficient (Wildman–Crippen LogP) is 0.969. The first-order valence-electron chi connectivity index (χ1n) is 9.17. The third-order valence-corrected chi connectivity index (χ3v) is 4.48. The highest BCUT2D eigenvalue weighted by atomic mass is 16.2. The number of nitrogens with zero attached hydrogens (tertiary/aromatic N) is 2. The van der Waals surface area contributed by atoms with Gasteiger partial charge in [0.25, 0.3) is 5.91 Å². The maximum absolute atomic E-state index is 12.0. The average molecular weight is 359 g/mol. The van der Waals surface area contributed by atoms with Gasteiger partial charge in [-0.05, 0) is 37.3 Å². The minimum absolute atomic E-state index is 0.0553. The summed E-state index contributed by atoms with van der Waals surface area (Å²) < 4.78 is 0. The fourth-order valence-corrected chi connectivity index (χ4v) is 3.22. The SMILES string of the molecule is CN=C(NCCCNC(=O)c1ccccc1)N1CCCC(CC(N)=O)C1. The number of rotatable bonds is 7. The summed E-state index contributed by atoms with van der Waals surface area (Å²) in [5.41, 5.74) is 5.99. The quantitative estimate of drug-likeness (QED) is 0.384. The number of hydrogen-bond acceptors (Lipinski definition) is 3. The molecule has 1 atom stereocenters. The van der Waals surface area contributed by atoms with Gasteiger partial charge in [0.05, 0.1) is 0 Å². The van der Waals surface area contributed by atoms with Crippen molar-refractivity contribution in [1.29, 1.82) is 0 Å². The Balaban J connectivity index is 1.68. The molecule has 0 aromatic heterocycles. The molecule has 7 heteroatoms. The minimum atomic E-state index is -0.242. The van der Waals surface area contributed by atoms with Crippen molar-refractivity contribution in [3.05, 3.63) is 35.9 Å². The third kappa shape index (κ3) is 6.38. The molecular formula is C19H29N5O2. The highest BCUT2D eigenvalue weighted by molar-refractivity contribution is 5.94. The van der Waals surface area contributed by atoms with E-state index in [0.29, 0.717) is 24.4 Å². The van der Waals surface area contributed by atoms with Crippen LogP contribution in [0.1, 0.15) is 36.0 Å². The summed E-state index contributed by atoms with van der Waals surface area (Å²) in [5.74, 6) is 0.841. The van der Waals surface area contributed by atoms with E-state index >= 15 is 0 Å². The van der Waals surface area contributed by atoms with Crippen molar-refractivity contribution >= 4 is 17.8 Å². The van der Waals surface area contributed by atoms with Crippen LogP contribution in [0.3, 0.4) is 0 Å². The maximum Gasteiger partial charge on any atom is 0.251 e. The van der Waals surface area contributed by atoms with E-state index in [-0.39, 0.29) is 11.8 Å². The molecule has 1 aliphatic heterocycles. The molecule has 2 rings (SSSR count). The molecule has 1 unspecified atom stereocenters. The summed E-state index contributed by atoms with van der Waals surface area (Å²) in [6, 6.07) is 9.19. The van der Waals surface area contributed by atoms with Gasteiger partial charge in [-0.2, -0.15) is 0 Å². The molecule has 1 aromatic carbocycles. The number of benzene rings is 1. The van der Waals surface area contributed by atoms with Crippen molar-refractivity contribution in [2.75, 3.05) is 33.2 Å². The summed E-state index contributed by atoms with van der Waals surface area (Å²) in [6.45, 7) is 3.05. The highest BCUT2D eigenvalue weighted by Crippen LogP contribution is 2.19. The molecule has 0 bridgehead atoms. The standard InChI is InChI=1S/C19H29N5O2/c1-21-19(24-12-5-7-15(14-24)13-17(20)25)23-11-6-10-22-18(26)16-8-3-2-4-9-16/h2-4,8-9,15H,5-7,10-14H2,1H3,(H2,20,25)(H,21,23)(H,22,26). The molecule has 1 heterocycles. The zero-order chi connectivity index (χ0) is 18.8. The Hall–Kier alpha value is -2.57. The number of aliphatic imine (C=N–C) groups is 1. The van der Waals surface area contributed by atoms with Crippen molar-refractivity contribution in [1.82, 2.24) is 15.5 Å². The molecule has 26 heavy (non-hydrogen) atoms. The number of nitrogens with two attached hydrogens (primary N) is 1. The number of primary amides is 1. The lowest BCUT2D eigenvalue weighted by molar-refractivity contribution is -0.119. The number of hydrogen-bond donors (Lipinski definition) is 3. The van der Waals surface area contributed by atoms with E-state index in [1.165, 1.54) is 0 Å². The van der Waals surface area contributed by atoms with Gasteiger partial charge in [-0.3, -0.25) is 14.6 Å². The first kappa shape index (κ1) is 19.8. The summed E-state index contributed by atoms with van der Waals surface area (Å²) in [5, 5.41) is 6.25. The summed E-state index contributed by atoms with van der Waals surface area (Å²) >= 11 is 0. The first-order chi connectivity index (χ1) is 12.6. The van der Waals surface area contributed by atoms with Crippen molar-refractivity contribution in [3.8, 4) is 0 Å². The van der Waals surface area contributed by atoms with Crippen molar-refractivity contribution < 1.29 is 9.59 Å². The molecule has 0 aliphatic carbocycles. The normalized spacial score (nSPS) is 17.7. The lowest BCUT2D eigenvalue weighted by atomic mass is 9.95. The van der Waals surface area contributed by atoms with Crippen LogP contribution in [0.5, 0.6) is 0 Å². The number of guanidine groups is 1. The molecule has 1 fully saturated rings. The largest absolute Gasteiger partial charge is 0.370 e. The lowest BCUT2D eigenvalue weighted by Gasteiger charge is -2.34. The molecule has 7 nitrogen and oxygen atoms in total. The molecule has 0 radical (unpaired) electrons. The summed E-state index contributed by atoms with van der Waals surface area (Å²) in [7, 11) is 1.76. The highest BCUT2D eigenvalue weighted by Gasteiger charge is 2.23. The Morgan fingerprint density at radius 3 is 2.65 bits per heavy atom. The molecular weight excluding hydrogens is 330 g/mol. The van der Waals surface area contributed by atoms with E-state index in [0.717, 1.165) is 44.9 Å². The minimum Gasteiger partial charge on any atom is -0.370 e. The molecule has 0 saturated carbocycles. The van der Waals surface area contributed by atoms with Crippen LogP contribution in [0.4, 0.5) is 0 Å². The Morgan fingerprint density at radius 2 is 1.96 bits per heavy atom. The first-order valence-corrected chi connectivity index (χ1v) is 9.17. The topological polar surface area (TPSA) is 99.8 Å². The smallest absolute Gasteiger partial charge is 0.251 e. The van der Waals surface area contributed by atoms with Gasteiger partial charge < -0.3 is 21.3 Å². The Bertz CT molecular complexity index is 618. The molecule has 2 amide bonds. The molecule has 142 valence electrons. The van der Waals surface area contributed by atoms with Crippen LogP contribution in [0, 0.1) is 5.92 Å². The van der Waals surface area contributed by atoms with Crippen LogP contribution in [0.15, 0.2) is 35.3 Å².